The standard InChI is InChI=1S/C21H16N4O4S/c1-29-19-11-6-13(12-18(19)25(27)28)20(26)22-14-7-9-15(10-8-14)30-21-23-16-4-2-3-5-17(16)24-21/h2-12H,1H3,(H,22,26)(H,23,24). The average Bonchev–Trinajstić information content (AvgIpc) is 3.16. The monoisotopic (exact) mass is 420 g/mol. The number of carbonyl (C=O) groups is 1. The van der Waals surface area contributed by atoms with Crippen LogP contribution in [0.2, 0.25) is 0 Å². The molecule has 30 heavy (non-hydrogen) atoms. The summed E-state index contributed by atoms with van der Waals surface area (Å²) in [6.07, 6.45) is 0. The molecule has 0 spiro atoms. The number of hydrogen-bond donors (Lipinski definition) is 2. The Morgan fingerprint density at radius 3 is 2.60 bits per heavy atom. The molecular formula is C21H16N4O4S. The third kappa shape index (κ3) is 4.11. The zero-order valence-corrected chi connectivity index (χ0v) is 16.6. The lowest BCUT2D eigenvalue weighted by atomic mass is 10.1. The number of hydrogen-bond acceptors (Lipinski definition) is 6. The van der Waals surface area contributed by atoms with Crippen LogP contribution in [0.15, 0.2) is 76.8 Å². The highest BCUT2D eigenvalue weighted by atomic mass is 32.2. The van der Waals surface area contributed by atoms with Gasteiger partial charge in [0.1, 0.15) is 0 Å². The molecule has 0 radical (unpaired) electrons. The number of fused-ring (bicyclic) bond motifs is 1. The van der Waals surface area contributed by atoms with Crippen molar-refractivity contribution in [2.24, 2.45) is 0 Å². The molecule has 8 nitrogen and oxygen atoms in total. The summed E-state index contributed by atoms with van der Waals surface area (Å²) < 4.78 is 4.96. The minimum absolute atomic E-state index is 0.100. The number of para-hydroxylation sites is 2. The van der Waals surface area contributed by atoms with E-state index in [1.54, 1.807) is 12.1 Å². The minimum Gasteiger partial charge on any atom is -0.490 e. The molecule has 0 fully saturated rings. The number of rotatable bonds is 6. The molecule has 2 N–H and O–H groups in total. The van der Waals surface area contributed by atoms with Crippen LogP contribution in [0.4, 0.5) is 11.4 Å². The minimum atomic E-state index is -0.584. The van der Waals surface area contributed by atoms with Crippen molar-refractivity contribution in [3.8, 4) is 5.75 Å². The predicted molar refractivity (Wildman–Crippen MR) is 114 cm³/mol. The summed E-state index contributed by atoms with van der Waals surface area (Å²) >= 11 is 1.48. The Labute approximate surface area is 175 Å². The van der Waals surface area contributed by atoms with E-state index in [1.165, 1.54) is 37.1 Å². The number of nitro groups is 1. The van der Waals surface area contributed by atoms with Crippen molar-refractivity contribution >= 4 is 40.1 Å². The molecule has 9 heteroatoms. The van der Waals surface area contributed by atoms with E-state index in [4.69, 9.17) is 4.74 Å². The second kappa shape index (κ2) is 8.26. The van der Waals surface area contributed by atoms with Gasteiger partial charge in [-0.05, 0) is 48.5 Å². The molecule has 150 valence electrons. The average molecular weight is 420 g/mol. The van der Waals surface area contributed by atoms with E-state index in [0.717, 1.165) is 21.1 Å². The number of nitro benzene ring substituents is 1. The van der Waals surface area contributed by atoms with Crippen LogP contribution in [0.25, 0.3) is 11.0 Å². The van der Waals surface area contributed by atoms with Gasteiger partial charge in [-0.15, -0.1) is 0 Å². The lowest BCUT2D eigenvalue weighted by molar-refractivity contribution is -0.385. The molecular weight excluding hydrogens is 404 g/mol. The summed E-state index contributed by atoms with van der Waals surface area (Å²) in [5.41, 5.74) is 2.35. The molecule has 0 saturated heterocycles. The van der Waals surface area contributed by atoms with E-state index < -0.39 is 10.8 Å². The van der Waals surface area contributed by atoms with E-state index >= 15 is 0 Å². The Morgan fingerprint density at radius 2 is 1.90 bits per heavy atom. The van der Waals surface area contributed by atoms with Gasteiger partial charge in [0, 0.05) is 22.2 Å². The zero-order chi connectivity index (χ0) is 21.1. The van der Waals surface area contributed by atoms with Crippen molar-refractivity contribution < 1.29 is 14.5 Å². The number of methoxy groups -OCH3 is 1. The van der Waals surface area contributed by atoms with Gasteiger partial charge in [0.25, 0.3) is 5.91 Å². The highest BCUT2D eigenvalue weighted by Crippen LogP contribution is 2.29. The first-order valence-corrected chi connectivity index (χ1v) is 9.71. The number of aromatic nitrogens is 2. The van der Waals surface area contributed by atoms with Crippen LogP contribution in [0.3, 0.4) is 0 Å². The summed E-state index contributed by atoms with van der Waals surface area (Å²) in [4.78, 5) is 31.8. The second-order valence-corrected chi connectivity index (χ2v) is 7.35. The van der Waals surface area contributed by atoms with Crippen LogP contribution < -0.4 is 10.1 Å². The van der Waals surface area contributed by atoms with Gasteiger partial charge in [0.05, 0.1) is 23.1 Å². The Hall–Kier alpha value is -3.85. The molecule has 1 amide bonds. The normalized spacial score (nSPS) is 10.7. The highest BCUT2D eigenvalue weighted by Gasteiger charge is 2.18. The topological polar surface area (TPSA) is 110 Å². The molecule has 1 heterocycles. The Kier molecular flexibility index (Phi) is 5.36. The smallest absolute Gasteiger partial charge is 0.311 e. The maximum Gasteiger partial charge on any atom is 0.311 e. The number of aromatic amines is 1. The summed E-state index contributed by atoms with van der Waals surface area (Å²) in [7, 11) is 1.34. The number of ether oxygens (including phenoxy) is 1. The second-order valence-electron chi connectivity index (χ2n) is 6.28. The first-order valence-electron chi connectivity index (χ1n) is 8.90. The third-order valence-electron chi connectivity index (χ3n) is 4.33. The van der Waals surface area contributed by atoms with Gasteiger partial charge in [-0.2, -0.15) is 0 Å². The van der Waals surface area contributed by atoms with Crippen LogP contribution in [0, 0.1) is 10.1 Å². The van der Waals surface area contributed by atoms with Gasteiger partial charge in [0.2, 0.25) is 0 Å². The van der Waals surface area contributed by atoms with Crippen molar-refractivity contribution in [1.82, 2.24) is 9.97 Å². The number of imidazole rings is 1. The first kappa shape index (κ1) is 19.5. The number of carbonyl (C=O) groups excluding carboxylic acids is 1. The van der Waals surface area contributed by atoms with Gasteiger partial charge in [-0.25, -0.2) is 4.98 Å². The van der Waals surface area contributed by atoms with E-state index in [-0.39, 0.29) is 17.0 Å². The maximum atomic E-state index is 12.5. The lowest BCUT2D eigenvalue weighted by Crippen LogP contribution is -2.12. The Bertz CT molecular complexity index is 1200. The third-order valence-corrected chi connectivity index (χ3v) is 5.23. The van der Waals surface area contributed by atoms with E-state index in [1.807, 2.05) is 36.4 Å². The van der Waals surface area contributed by atoms with Crippen LogP contribution in [0.5, 0.6) is 5.75 Å². The number of anilines is 1. The fourth-order valence-corrected chi connectivity index (χ4v) is 3.67. The molecule has 0 atom stereocenters. The molecule has 1 aromatic heterocycles. The highest BCUT2D eigenvalue weighted by molar-refractivity contribution is 7.99. The first-order chi connectivity index (χ1) is 14.5. The number of nitrogens with one attached hydrogen (secondary N) is 2. The Morgan fingerprint density at radius 1 is 1.13 bits per heavy atom. The Balaban J connectivity index is 1.46. The fraction of sp³-hybridized carbons (Fsp3) is 0.0476. The number of benzene rings is 3. The number of nitrogens with zero attached hydrogens (tertiary/aromatic N) is 2. The van der Waals surface area contributed by atoms with Gasteiger partial charge in [-0.1, -0.05) is 23.9 Å². The van der Waals surface area contributed by atoms with Gasteiger partial charge in [0.15, 0.2) is 10.9 Å². The molecule has 0 aliphatic carbocycles. The van der Waals surface area contributed by atoms with Crippen LogP contribution in [0.1, 0.15) is 10.4 Å². The molecule has 4 rings (SSSR count). The van der Waals surface area contributed by atoms with Crippen molar-refractivity contribution in [3.05, 3.63) is 82.4 Å². The molecule has 3 aromatic carbocycles. The number of H-pyrrole nitrogens is 1. The van der Waals surface area contributed by atoms with Gasteiger partial charge >= 0.3 is 5.69 Å². The number of amides is 1. The summed E-state index contributed by atoms with van der Waals surface area (Å²) in [6, 6.07) is 19.1. The van der Waals surface area contributed by atoms with E-state index in [2.05, 4.69) is 15.3 Å². The van der Waals surface area contributed by atoms with Gasteiger partial charge in [-0.3, -0.25) is 14.9 Å². The SMILES string of the molecule is COc1ccc(C(=O)Nc2ccc(Sc3nc4ccccc4[nH]3)cc2)cc1[N+](=O)[O-]. The summed E-state index contributed by atoms with van der Waals surface area (Å²) in [5, 5.41) is 14.7. The van der Waals surface area contributed by atoms with Crippen LogP contribution >= 0.6 is 11.8 Å². The summed E-state index contributed by atoms with van der Waals surface area (Å²) in [6.45, 7) is 0. The largest absolute Gasteiger partial charge is 0.490 e. The van der Waals surface area contributed by atoms with Crippen molar-refractivity contribution in [3.63, 3.8) is 0 Å². The van der Waals surface area contributed by atoms with Crippen molar-refractivity contribution in [1.29, 1.82) is 0 Å². The molecule has 0 aliphatic rings. The van der Waals surface area contributed by atoms with Crippen molar-refractivity contribution in [2.45, 2.75) is 10.1 Å². The van der Waals surface area contributed by atoms with Gasteiger partial charge < -0.3 is 15.0 Å². The quantitative estimate of drug-likeness (QED) is 0.340. The molecule has 0 bridgehead atoms. The maximum absolute atomic E-state index is 12.5. The molecule has 0 saturated carbocycles. The molecule has 4 aromatic rings. The van der Waals surface area contributed by atoms with Crippen molar-refractivity contribution in [2.75, 3.05) is 12.4 Å². The predicted octanol–water partition coefficient (Wildman–Crippen LogP) is 4.88. The van der Waals surface area contributed by atoms with Crippen LogP contribution in [-0.4, -0.2) is 27.9 Å². The van der Waals surface area contributed by atoms with E-state index in [9.17, 15) is 14.9 Å². The van der Waals surface area contributed by atoms with Crippen LogP contribution in [-0.2, 0) is 0 Å². The molecule has 0 aliphatic heterocycles. The molecule has 0 unspecified atom stereocenters. The lowest BCUT2D eigenvalue weighted by Gasteiger charge is -2.07. The summed E-state index contributed by atoms with van der Waals surface area (Å²) in [5.74, 6) is -0.345. The fourth-order valence-electron chi connectivity index (χ4n) is 2.87. The van der Waals surface area contributed by atoms with E-state index in [0.29, 0.717) is 5.69 Å². The zero-order valence-electron chi connectivity index (χ0n) is 15.8.